The van der Waals surface area contributed by atoms with Gasteiger partial charge in [0.2, 0.25) is 0 Å². The van der Waals surface area contributed by atoms with Crippen LogP contribution in [0, 0.1) is 5.41 Å². The third-order valence-electron chi connectivity index (χ3n) is 3.22. The second-order valence-corrected chi connectivity index (χ2v) is 6.11. The van der Waals surface area contributed by atoms with E-state index in [4.69, 9.17) is 15.9 Å². The van der Waals surface area contributed by atoms with Crippen LogP contribution in [-0.4, -0.2) is 23.8 Å². The summed E-state index contributed by atoms with van der Waals surface area (Å²) in [5, 5.41) is 8.30. The first-order chi connectivity index (χ1) is 8.66. The summed E-state index contributed by atoms with van der Waals surface area (Å²) in [6.45, 7) is 2.97. The predicted molar refractivity (Wildman–Crippen MR) is 77.1 cm³/mol. The van der Waals surface area contributed by atoms with Gasteiger partial charge in [-0.3, -0.25) is 5.41 Å². The molecule has 0 bridgehead atoms. The fourth-order valence-electron chi connectivity index (χ4n) is 2.21. The lowest BCUT2D eigenvalue weighted by atomic mass is 10.1. The molecule has 98 valence electrons. The fraction of sp³-hybridized carbons (Fsp3) is 0.500. The Morgan fingerprint density at radius 2 is 2.22 bits per heavy atom. The Kier molecular flexibility index (Phi) is 4.66. The largest absolute Gasteiger partial charge is 0.388 e. The zero-order chi connectivity index (χ0) is 13.0. The molecule has 3 atom stereocenters. The summed E-state index contributed by atoms with van der Waals surface area (Å²) in [6.07, 6.45) is 2.00. The Hall–Kier alpha value is -1.00. The summed E-state index contributed by atoms with van der Waals surface area (Å²) >= 11 is 1.90. The molecule has 0 spiro atoms. The molecule has 3 nitrogen and oxygen atoms in total. The van der Waals surface area contributed by atoms with E-state index in [1.165, 1.54) is 5.56 Å². The van der Waals surface area contributed by atoms with Gasteiger partial charge < -0.3 is 10.5 Å². The number of nitrogens with two attached hydrogens (primary N) is 1. The molecule has 1 aromatic carbocycles. The highest BCUT2D eigenvalue weighted by atomic mass is 32.2. The average molecular weight is 264 g/mol. The molecule has 1 aliphatic heterocycles. The van der Waals surface area contributed by atoms with Crippen molar-refractivity contribution in [1.82, 2.24) is 0 Å². The van der Waals surface area contributed by atoms with Crippen LogP contribution < -0.4 is 5.73 Å². The minimum atomic E-state index is 0.253. The van der Waals surface area contributed by atoms with Crippen molar-refractivity contribution in [2.24, 2.45) is 5.73 Å². The van der Waals surface area contributed by atoms with E-state index in [2.05, 4.69) is 19.1 Å². The van der Waals surface area contributed by atoms with Crippen LogP contribution in [0.3, 0.4) is 0 Å². The number of ether oxygens (including phenoxy) is 1. The van der Waals surface area contributed by atoms with E-state index >= 15 is 0 Å². The molecule has 0 aliphatic carbocycles. The summed E-state index contributed by atoms with van der Waals surface area (Å²) < 4.78 is 5.60. The molecule has 0 aromatic heterocycles. The third-order valence-corrected chi connectivity index (χ3v) is 4.96. The van der Waals surface area contributed by atoms with Gasteiger partial charge in [-0.05, 0) is 18.9 Å². The molecular formula is C14H20N2OS. The molecule has 0 saturated carbocycles. The number of amidine groups is 1. The monoisotopic (exact) mass is 264 g/mol. The lowest BCUT2D eigenvalue weighted by Gasteiger charge is -2.22. The molecule has 0 amide bonds. The zero-order valence-electron chi connectivity index (χ0n) is 10.6. The van der Waals surface area contributed by atoms with Gasteiger partial charge in [0.05, 0.1) is 11.9 Å². The lowest BCUT2D eigenvalue weighted by Crippen LogP contribution is -2.18. The Bertz CT molecular complexity index is 396. The van der Waals surface area contributed by atoms with Crippen LogP contribution in [0.1, 0.15) is 30.6 Å². The van der Waals surface area contributed by atoms with E-state index in [0.717, 1.165) is 13.0 Å². The van der Waals surface area contributed by atoms with Crippen LogP contribution in [-0.2, 0) is 4.74 Å². The molecular weight excluding hydrogens is 244 g/mol. The Balaban J connectivity index is 2.08. The van der Waals surface area contributed by atoms with Gasteiger partial charge in [-0.25, -0.2) is 0 Å². The molecule has 18 heavy (non-hydrogen) atoms. The second kappa shape index (κ2) is 6.25. The zero-order valence-corrected chi connectivity index (χ0v) is 11.5. The summed E-state index contributed by atoms with van der Waals surface area (Å²) in [5.74, 6) is 0.253. The smallest absolute Gasteiger partial charge is 0.0919 e. The Morgan fingerprint density at radius 1 is 1.50 bits per heavy atom. The van der Waals surface area contributed by atoms with E-state index in [0.29, 0.717) is 17.8 Å². The normalized spacial score (nSPS) is 24.9. The maximum Gasteiger partial charge on any atom is 0.0919 e. The van der Waals surface area contributed by atoms with Crippen molar-refractivity contribution in [3.05, 3.63) is 35.9 Å². The summed E-state index contributed by atoms with van der Waals surface area (Å²) in [4.78, 5) is 0. The fourth-order valence-corrected chi connectivity index (χ4v) is 3.76. The Morgan fingerprint density at radius 3 is 2.78 bits per heavy atom. The first-order valence-corrected chi connectivity index (χ1v) is 7.26. The van der Waals surface area contributed by atoms with Crippen molar-refractivity contribution in [3.8, 4) is 0 Å². The van der Waals surface area contributed by atoms with Crippen LogP contribution in [0.4, 0.5) is 0 Å². The van der Waals surface area contributed by atoms with E-state index in [1.54, 1.807) is 0 Å². The SMILES string of the molecule is CC1OCCC1SC(CC(=N)N)c1ccccc1. The summed E-state index contributed by atoms with van der Waals surface area (Å²) in [5.41, 5.74) is 6.83. The number of hydrogen-bond acceptors (Lipinski definition) is 3. The molecule has 1 saturated heterocycles. The minimum absolute atomic E-state index is 0.253. The number of hydrogen-bond donors (Lipinski definition) is 2. The van der Waals surface area contributed by atoms with Crippen LogP contribution in [0.5, 0.6) is 0 Å². The van der Waals surface area contributed by atoms with Crippen molar-refractivity contribution < 1.29 is 4.74 Å². The highest BCUT2D eigenvalue weighted by Gasteiger charge is 2.28. The van der Waals surface area contributed by atoms with Crippen LogP contribution in [0.2, 0.25) is 0 Å². The average Bonchev–Trinajstić information content (AvgIpc) is 2.75. The third kappa shape index (κ3) is 3.50. The minimum Gasteiger partial charge on any atom is -0.388 e. The van der Waals surface area contributed by atoms with Gasteiger partial charge in [-0.15, -0.1) is 11.8 Å². The molecule has 3 N–H and O–H groups in total. The van der Waals surface area contributed by atoms with Gasteiger partial charge in [-0.2, -0.15) is 0 Å². The van der Waals surface area contributed by atoms with E-state index < -0.39 is 0 Å². The molecule has 1 aliphatic rings. The highest BCUT2D eigenvalue weighted by molar-refractivity contribution is 8.00. The van der Waals surface area contributed by atoms with Gasteiger partial charge in [0.25, 0.3) is 0 Å². The summed E-state index contributed by atoms with van der Waals surface area (Å²) in [6, 6.07) is 10.3. The number of benzene rings is 1. The highest BCUT2D eigenvalue weighted by Crippen LogP contribution is 2.39. The van der Waals surface area contributed by atoms with Gasteiger partial charge in [0, 0.05) is 23.5 Å². The predicted octanol–water partition coefficient (Wildman–Crippen LogP) is 2.96. The van der Waals surface area contributed by atoms with Gasteiger partial charge in [0.1, 0.15) is 0 Å². The number of rotatable bonds is 5. The molecule has 0 radical (unpaired) electrons. The second-order valence-electron chi connectivity index (χ2n) is 4.67. The lowest BCUT2D eigenvalue weighted by molar-refractivity contribution is 0.127. The summed E-state index contributed by atoms with van der Waals surface area (Å²) in [7, 11) is 0. The van der Waals surface area contributed by atoms with Gasteiger partial charge in [0.15, 0.2) is 0 Å². The molecule has 1 aromatic rings. The van der Waals surface area contributed by atoms with Crippen LogP contribution in [0.15, 0.2) is 30.3 Å². The number of thioether (sulfide) groups is 1. The Labute approximate surface area is 113 Å². The standard InChI is InChI=1S/C14H20N2OS/c1-10-12(7-8-17-10)18-13(9-14(15)16)11-5-3-2-4-6-11/h2-6,10,12-13H,7-9H2,1H3,(H3,15,16). The van der Waals surface area contributed by atoms with Crippen molar-refractivity contribution in [2.45, 2.75) is 36.4 Å². The molecule has 1 heterocycles. The first kappa shape index (κ1) is 13.4. The quantitative estimate of drug-likeness (QED) is 0.635. The molecule has 2 rings (SSSR count). The van der Waals surface area contributed by atoms with Crippen molar-refractivity contribution >= 4 is 17.6 Å². The van der Waals surface area contributed by atoms with E-state index in [-0.39, 0.29) is 11.1 Å². The van der Waals surface area contributed by atoms with E-state index in [9.17, 15) is 0 Å². The number of nitrogens with one attached hydrogen (secondary N) is 1. The van der Waals surface area contributed by atoms with Gasteiger partial charge in [-0.1, -0.05) is 30.3 Å². The maximum atomic E-state index is 7.53. The molecule has 3 unspecified atom stereocenters. The maximum absolute atomic E-state index is 7.53. The van der Waals surface area contributed by atoms with Gasteiger partial charge >= 0.3 is 0 Å². The first-order valence-electron chi connectivity index (χ1n) is 6.31. The van der Waals surface area contributed by atoms with Crippen LogP contribution in [0.25, 0.3) is 0 Å². The topological polar surface area (TPSA) is 59.1 Å². The molecule has 4 heteroatoms. The molecule has 1 fully saturated rings. The van der Waals surface area contributed by atoms with Crippen molar-refractivity contribution in [1.29, 1.82) is 5.41 Å². The van der Waals surface area contributed by atoms with Crippen molar-refractivity contribution in [2.75, 3.05) is 6.61 Å². The van der Waals surface area contributed by atoms with E-state index in [1.807, 2.05) is 30.0 Å². The van der Waals surface area contributed by atoms with Crippen LogP contribution >= 0.6 is 11.8 Å². The van der Waals surface area contributed by atoms with Crippen molar-refractivity contribution in [3.63, 3.8) is 0 Å².